The molecule has 0 unspecified atom stereocenters. The van der Waals surface area contributed by atoms with Crippen molar-refractivity contribution in [2.24, 2.45) is 0 Å². The van der Waals surface area contributed by atoms with Gasteiger partial charge in [0.15, 0.2) is 11.6 Å². The Bertz CT molecular complexity index is 949. The van der Waals surface area contributed by atoms with Gasteiger partial charge in [0.25, 0.3) is 0 Å². The minimum atomic E-state index is -0.920. The third-order valence-electron chi connectivity index (χ3n) is 4.49. The average Bonchev–Trinajstić information content (AvgIpc) is 3.22. The fourth-order valence-corrected chi connectivity index (χ4v) is 4.36. The van der Waals surface area contributed by atoms with E-state index in [2.05, 4.69) is 20.5 Å². The van der Waals surface area contributed by atoms with Gasteiger partial charge in [-0.1, -0.05) is 6.07 Å². The lowest BCUT2D eigenvalue weighted by atomic mass is 10.1. The number of hydrogen-bond acceptors (Lipinski definition) is 7. The van der Waals surface area contributed by atoms with Crippen LogP contribution in [0, 0.1) is 11.6 Å². The molecule has 0 radical (unpaired) electrons. The zero-order valence-corrected chi connectivity index (χ0v) is 14.9. The highest BCUT2D eigenvalue weighted by atomic mass is 32.2. The van der Waals surface area contributed by atoms with Crippen molar-refractivity contribution < 1.29 is 19.0 Å². The van der Waals surface area contributed by atoms with Crippen LogP contribution in [0.4, 0.5) is 14.6 Å². The van der Waals surface area contributed by atoms with Gasteiger partial charge < -0.3 is 15.5 Å². The number of thioether (sulfide) groups is 1. The van der Waals surface area contributed by atoms with Crippen LogP contribution >= 0.6 is 11.8 Å². The molecular formula is C17H17F2N5O2S. The van der Waals surface area contributed by atoms with Crippen molar-refractivity contribution in [2.75, 3.05) is 17.6 Å². The van der Waals surface area contributed by atoms with Gasteiger partial charge in [-0.15, -0.1) is 22.0 Å². The highest BCUT2D eigenvalue weighted by Gasteiger charge is 2.38. The van der Waals surface area contributed by atoms with Gasteiger partial charge >= 0.3 is 0 Å². The molecule has 4 rings (SSSR count). The molecule has 1 fully saturated rings. The van der Waals surface area contributed by atoms with Crippen LogP contribution in [0.1, 0.15) is 16.6 Å². The summed E-state index contributed by atoms with van der Waals surface area (Å²) >= 11 is 1.41. The van der Waals surface area contributed by atoms with Crippen LogP contribution in [0.5, 0.6) is 0 Å². The van der Waals surface area contributed by atoms with Crippen LogP contribution in [0.15, 0.2) is 30.6 Å². The largest absolute Gasteiger partial charge is 0.390 e. The van der Waals surface area contributed by atoms with Gasteiger partial charge in [-0.3, -0.25) is 4.40 Å². The lowest BCUT2D eigenvalue weighted by Crippen LogP contribution is -2.25. The molecule has 3 heterocycles. The highest BCUT2D eigenvalue weighted by Crippen LogP contribution is 2.39. The van der Waals surface area contributed by atoms with Gasteiger partial charge in [-0.05, 0) is 18.6 Å². The van der Waals surface area contributed by atoms with Gasteiger partial charge in [0.05, 0.1) is 17.5 Å². The number of hydrogen-bond donors (Lipinski definition) is 3. The first kappa shape index (κ1) is 18.1. The Balaban J connectivity index is 1.53. The van der Waals surface area contributed by atoms with Crippen LogP contribution < -0.4 is 5.32 Å². The number of aromatic nitrogens is 4. The van der Waals surface area contributed by atoms with E-state index in [0.717, 1.165) is 0 Å². The van der Waals surface area contributed by atoms with Gasteiger partial charge in [0.2, 0.25) is 5.65 Å². The zero-order valence-electron chi connectivity index (χ0n) is 14.1. The lowest BCUT2D eigenvalue weighted by Gasteiger charge is -2.13. The van der Waals surface area contributed by atoms with Gasteiger partial charge in [-0.2, -0.15) is 0 Å². The number of fused-ring (bicyclic) bond motifs is 1. The Morgan fingerprint density at radius 2 is 2.00 bits per heavy atom. The van der Waals surface area contributed by atoms with Crippen molar-refractivity contribution in [1.82, 2.24) is 19.6 Å². The Morgan fingerprint density at radius 1 is 1.22 bits per heavy atom. The first-order valence-electron chi connectivity index (χ1n) is 8.40. The predicted molar refractivity (Wildman–Crippen MR) is 96.5 cm³/mol. The number of halogens is 2. The summed E-state index contributed by atoms with van der Waals surface area (Å²) in [7, 11) is 0. The summed E-state index contributed by atoms with van der Waals surface area (Å²) in [5, 5.41) is 30.8. The smallest absolute Gasteiger partial charge is 0.203 e. The number of nitrogens with one attached hydrogen (secondary N) is 1. The van der Waals surface area contributed by atoms with Crippen molar-refractivity contribution in [2.45, 2.75) is 23.9 Å². The first-order chi connectivity index (χ1) is 13.1. The summed E-state index contributed by atoms with van der Waals surface area (Å²) in [6, 6.07) is 3.77. The van der Waals surface area contributed by atoms with E-state index < -0.39 is 29.1 Å². The summed E-state index contributed by atoms with van der Waals surface area (Å²) in [5.41, 5.74) is 0.453. The number of aliphatic hydroxyl groups excluding tert-OH is 2. The van der Waals surface area contributed by atoms with Crippen molar-refractivity contribution in [3.8, 4) is 0 Å². The van der Waals surface area contributed by atoms with Crippen molar-refractivity contribution in [1.29, 1.82) is 0 Å². The molecule has 3 aromatic rings. The Morgan fingerprint density at radius 3 is 2.70 bits per heavy atom. The molecule has 0 aliphatic carbocycles. The topological polar surface area (TPSA) is 95.6 Å². The van der Waals surface area contributed by atoms with Crippen LogP contribution in [0.2, 0.25) is 0 Å². The minimum Gasteiger partial charge on any atom is -0.390 e. The molecule has 0 bridgehead atoms. The third kappa shape index (κ3) is 3.35. The molecule has 1 saturated heterocycles. The van der Waals surface area contributed by atoms with Crippen LogP contribution in [0.3, 0.4) is 0 Å². The summed E-state index contributed by atoms with van der Waals surface area (Å²) in [6.45, 7) is 0.256. The van der Waals surface area contributed by atoms with Gasteiger partial charge in [0, 0.05) is 30.3 Å². The van der Waals surface area contributed by atoms with Crippen molar-refractivity contribution in [3.05, 3.63) is 53.6 Å². The fourth-order valence-electron chi connectivity index (χ4n) is 3.07. The Kier molecular flexibility index (Phi) is 4.94. The van der Waals surface area contributed by atoms with Gasteiger partial charge in [-0.25, -0.2) is 13.8 Å². The van der Waals surface area contributed by atoms with E-state index in [1.807, 2.05) is 0 Å². The Hall–Kier alpha value is -2.30. The number of anilines is 1. The molecule has 3 atom stereocenters. The molecule has 2 aromatic heterocycles. The van der Waals surface area contributed by atoms with Gasteiger partial charge in [0.1, 0.15) is 11.6 Å². The third-order valence-corrected chi connectivity index (χ3v) is 5.87. The van der Waals surface area contributed by atoms with E-state index in [4.69, 9.17) is 0 Å². The summed E-state index contributed by atoms with van der Waals surface area (Å²) in [4.78, 5) is 4.22. The molecular weight excluding hydrogens is 376 g/mol. The van der Waals surface area contributed by atoms with Crippen LogP contribution in [-0.2, 0) is 6.42 Å². The maximum absolute atomic E-state index is 13.7. The second kappa shape index (κ2) is 7.37. The summed E-state index contributed by atoms with van der Waals surface area (Å²) in [6.07, 6.45) is 1.64. The number of benzene rings is 1. The molecule has 0 amide bonds. The minimum absolute atomic E-state index is 0.0126. The molecule has 0 saturated carbocycles. The highest BCUT2D eigenvalue weighted by molar-refractivity contribution is 7.99. The number of nitrogens with zero attached hydrogens (tertiary/aromatic N) is 4. The SMILES string of the molecule is O[C@@H]1[C@H](O)CS[C@H]1c1nnc2c(NCCc3c(F)cccc3F)nccn12. The maximum Gasteiger partial charge on any atom is 0.203 e. The first-order valence-corrected chi connectivity index (χ1v) is 9.45. The zero-order chi connectivity index (χ0) is 19.0. The quantitative estimate of drug-likeness (QED) is 0.606. The standard InChI is InChI=1S/C17H17F2N5O2S/c18-10-2-1-3-11(19)9(10)4-5-20-15-17-23-22-16(24(17)7-6-21-15)14-13(26)12(25)8-27-14/h1-3,6-7,12-14,25-26H,4-5,8H2,(H,20,21)/t12-,13-,14-/m1/s1. The predicted octanol–water partition coefficient (Wildman–Crippen LogP) is 1.57. The average molecular weight is 393 g/mol. The Labute approximate surface area is 157 Å². The molecule has 1 aromatic carbocycles. The van der Waals surface area contributed by atoms with E-state index in [-0.39, 0.29) is 18.5 Å². The normalized spacial score (nSPS) is 22.4. The monoisotopic (exact) mass is 393 g/mol. The van der Waals surface area contributed by atoms with E-state index in [0.29, 0.717) is 23.0 Å². The molecule has 1 aliphatic heterocycles. The summed E-state index contributed by atoms with van der Waals surface area (Å²) in [5.74, 6) is 0.193. The maximum atomic E-state index is 13.7. The second-order valence-corrected chi connectivity index (χ2v) is 7.39. The molecule has 142 valence electrons. The van der Waals surface area contributed by atoms with E-state index >= 15 is 0 Å². The van der Waals surface area contributed by atoms with E-state index in [1.165, 1.54) is 30.0 Å². The molecule has 3 N–H and O–H groups in total. The van der Waals surface area contributed by atoms with E-state index in [1.54, 1.807) is 16.8 Å². The molecule has 7 nitrogen and oxygen atoms in total. The molecule has 0 spiro atoms. The summed E-state index contributed by atoms with van der Waals surface area (Å²) < 4.78 is 29.1. The van der Waals surface area contributed by atoms with Crippen LogP contribution in [0.25, 0.3) is 5.65 Å². The molecule has 10 heteroatoms. The molecule has 27 heavy (non-hydrogen) atoms. The van der Waals surface area contributed by atoms with Crippen molar-refractivity contribution >= 4 is 23.2 Å². The van der Waals surface area contributed by atoms with Crippen molar-refractivity contribution in [3.63, 3.8) is 0 Å². The number of aliphatic hydroxyl groups is 2. The lowest BCUT2D eigenvalue weighted by molar-refractivity contribution is 0.0404. The molecule has 1 aliphatic rings. The second-order valence-electron chi connectivity index (χ2n) is 6.22. The number of rotatable bonds is 5. The van der Waals surface area contributed by atoms with E-state index in [9.17, 15) is 19.0 Å². The van der Waals surface area contributed by atoms with Crippen LogP contribution in [-0.4, -0.2) is 54.3 Å². The fraction of sp³-hybridized carbons (Fsp3) is 0.353.